The maximum atomic E-state index is 11.4. The van der Waals surface area contributed by atoms with Crippen molar-refractivity contribution in [1.82, 2.24) is 4.90 Å². The van der Waals surface area contributed by atoms with Crippen molar-refractivity contribution >= 4 is 0 Å². The Morgan fingerprint density at radius 1 is 1.05 bits per heavy atom. The number of hydrogen-bond acceptors (Lipinski definition) is 2. The second-order valence-corrected chi connectivity index (χ2v) is 6.08. The molecule has 0 saturated carbocycles. The maximum absolute atomic E-state index is 11.4. The Morgan fingerprint density at radius 3 is 2.33 bits per heavy atom. The van der Waals surface area contributed by atoms with Crippen molar-refractivity contribution in [1.29, 1.82) is 0 Å². The highest BCUT2D eigenvalue weighted by molar-refractivity contribution is 5.27. The second kappa shape index (κ2) is 6.00. The molecule has 0 amide bonds. The third-order valence-electron chi connectivity index (χ3n) is 4.70. The van der Waals surface area contributed by atoms with Gasteiger partial charge in [0, 0.05) is 6.04 Å². The van der Waals surface area contributed by atoms with Gasteiger partial charge in [-0.1, -0.05) is 60.7 Å². The van der Waals surface area contributed by atoms with Gasteiger partial charge in [-0.15, -0.1) is 0 Å². The van der Waals surface area contributed by atoms with Gasteiger partial charge in [0.1, 0.15) is 5.60 Å². The van der Waals surface area contributed by atoms with Crippen molar-refractivity contribution in [2.45, 2.75) is 30.9 Å². The molecule has 1 aliphatic heterocycles. The van der Waals surface area contributed by atoms with Gasteiger partial charge >= 0.3 is 0 Å². The highest BCUT2D eigenvalue weighted by Crippen LogP contribution is 2.37. The van der Waals surface area contributed by atoms with Crippen LogP contribution in [0.5, 0.6) is 0 Å². The van der Waals surface area contributed by atoms with Gasteiger partial charge in [-0.05, 0) is 44.0 Å². The smallest absolute Gasteiger partial charge is 0.105 e. The summed E-state index contributed by atoms with van der Waals surface area (Å²) in [6, 6.07) is 20.7. The summed E-state index contributed by atoms with van der Waals surface area (Å²) in [5, 5.41) is 11.4. The van der Waals surface area contributed by atoms with Crippen LogP contribution in [0.2, 0.25) is 0 Å². The van der Waals surface area contributed by atoms with E-state index in [0.29, 0.717) is 0 Å². The molecule has 2 aromatic carbocycles. The molecule has 2 atom stereocenters. The molecule has 1 aliphatic rings. The van der Waals surface area contributed by atoms with Crippen LogP contribution in [0.25, 0.3) is 0 Å². The number of nitrogens with zero attached hydrogens (tertiary/aromatic N) is 1. The van der Waals surface area contributed by atoms with Crippen LogP contribution in [0.1, 0.15) is 24.0 Å². The largest absolute Gasteiger partial charge is 0.384 e. The van der Waals surface area contributed by atoms with Crippen molar-refractivity contribution in [2.75, 3.05) is 13.6 Å². The maximum Gasteiger partial charge on any atom is 0.105 e. The molecule has 0 spiro atoms. The van der Waals surface area contributed by atoms with Gasteiger partial charge in [0.2, 0.25) is 0 Å². The zero-order valence-electron chi connectivity index (χ0n) is 12.6. The topological polar surface area (TPSA) is 23.5 Å². The lowest BCUT2D eigenvalue weighted by Gasteiger charge is -2.46. The van der Waals surface area contributed by atoms with E-state index in [9.17, 15) is 5.11 Å². The van der Waals surface area contributed by atoms with Gasteiger partial charge in [-0.25, -0.2) is 0 Å². The monoisotopic (exact) mass is 281 g/mol. The molecule has 110 valence electrons. The minimum Gasteiger partial charge on any atom is -0.384 e. The normalized spacial score (nSPS) is 26.7. The van der Waals surface area contributed by atoms with E-state index in [4.69, 9.17) is 0 Å². The van der Waals surface area contributed by atoms with E-state index < -0.39 is 5.60 Å². The summed E-state index contributed by atoms with van der Waals surface area (Å²) in [5.74, 6) is 0. The average molecular weight is 281 g/mol. The summed E-state index contributed by atoms with van der Waals surface area (Å²) in [4.78, 5) is 2.31. The minimum atomic E-state index is -0.760. The van der Waals surface area contributed by atoms with E-state index in [1.165, 1.54) is 5.56 Å². The van der Waals surface area contributed by atoms with Crippen molar-refractivity contribution in [3.8, 4) is 0 Å². The summed E-state index contributed by atoms with van der Waals surface area (Å²) in [6.07, 6.45) is 2.74. The van der Waals surface area contributed by atoms with E-state index in [2.05, 4.69) is 48.3 Å². The van der Waals surface area contributed by atoms with E-state index in [1.54, 1.807) is 0 Å². The predicted molar refractivity (Wildman–Crippen MR) is 86.1 cm³/mol. The van der Waals surface area contributed by atoms with Crippen molar-refractivity contribution in [3.05, 3.63) is 71.8 Å². The fourth-order valence-electron chi connectivity index (χ4n) is 3.51. The molecular weight excluding hydrogens is 258 g/mol. The molecule has 1 heterocycles. The summed E-state index contributed by atoms with van der Waals surface area (Å²) in [6.45, 7) is 1.05. The van der Waals surface area contributed by atoms with Crippen LogP contribution in [-0.2, 0) is 12.0 Å². The molecule has 21 heavy (non-hydrogen) atoms. The Bertz CT molecular complexity index is 569. The van der Waals surface area contributed by atoms with Crippen LogP contribution in [-0.4, -0.2) is 29.6 Å². The summed E-state index contributed by atoms with van der Waals surface area (Å²) < 4.78 is 0. The van der Waals surface area contributed by atoms with Gasteiger partial charge in [0.25, 0.3) is 0 Å². The molecule has 2 nitrogen and oxygen atoms in total. The molecule has 1 fully saturated rings. The Hall–Kier alpha value is -1.64. The van der Waals surface area contributed by atoms with Gasteiger partial charge in [-0.3, -0.25) is 4.90 Å². The van der Waals surface area contributed by atoms with Crippen LogP contribution >= 0.6 is 0 Å². The molecule has 0 unspecified atom stereocenters. The molecule has 0 aliphatic carbocycles. The minimum absolute atomic E-state index is 0.121. The number of hydrogen-bond donors (Lipinski definition) is 1. The first-order valence-corrected chi connectivity index (χ1v) is 7.72. The molecule has 3 rings (SSSR count). The first-order chi connectivity index (χ1) is 10.2. The molecule has 0 bridgehead atoms. The Kier molecular flexibility index (Phi) is 4.09. The molecule has 1 N–H and O–H groups in total. The lowest BCUT2D eigenvalue weighted by molar-refractivity contribution is -0.0781. The lowest BCUT2D eigenvalue weighted by atomic mass is 9.76. The standard InChI is InChI=1S/C19H23NO/c1-20-14-8-13-19(21,17-11-6-3-7-12-17)18(20)15-16-9-4-2-5-10-16/h2-7,9-12,18,21H,8,13-15H2,1H3/t18-,19+/m0/s1. The first-order valence-electron chi connectivity index (χ1n) is 7.72. The van der Waals surface area contributed by atoms with Gasteiger partial charge in [0.05, 0.1) is 0 Å². The molecule has 2 aromatic rings. The van der Waals surface area contributed by atoms with E-state index in [0.717, 1.165) is 31.4 Å². The highest BCUT2D eigenvalue weighted by Gasteiger charge is 2.42. The van der Waals surface area contributed by atoms with Crippen molar-refractivity contribution < 1.29 is 5.11 Å². The van der Waals surface area contributed by atoms with Crippen LogP contribution in [0, 0.1) is 0 Å². The summed E-state index contributed by atoms with van der Waals surface area (Å²) in [7, 11) is 2.13. The SMILES string of the molecule is CN1CCC[C@@](O)(c2ccccc2)[C@@H]1Cc1ccccc1. The van der Waals surface area contributed by atoms with Gasteiger partial charge in [0.15, 0.2) is 0 Å². The number of benzene rings is 2. The second-order valence-electron chi connectivity index (χ2n) is 6.08. The Labute approximate surface area is 127 Å². The zero-order chi connectivity index (χ0) is 14.7. The molecule has 0 aromatic heterocycles. The number of likely N-dealkylation sites (tertiary alicyclic amines) is 1. The van der Waals surface area contributed by atoms with E-state index >= 15 is 0 Å². The summed E-state index contributed by atoms with van der Waals surface area (Å²) >= 11 is 0. The Morgan fingerprint density at radius 2 is 1.67 bits per heavy atom. The highest BCUT2D eigenvalue weighted by atomic mass is 16.3. The van der Waals surface area contributed by atoms with Gasteiger partial charge in [-0.2, -0.15) is 0 Å². The molecule has 1 saturated heterocycles. The zero-order valence-corrected chi connectivity index (χ0v) is 12.6. The van der Waals surface area contributed by atoms with E-state index in [-0.39, 0.29) is 6.04 Å². The third kappa shape index (κ3) is 2.87. The van der Waals surface area contributed by atoms with Crippen LogP contribution < -0.4 is 0 Å². The number of likely N-dealkylation sites (N-methyl/N-ethyl adjacent to an activating group) is 1. The number of rotatable bonds is 3. The number of piperidine rings is 1. The molecular formula is C19H23NO. The van der Waals surface area contributed by atoms with Crippen LogP contribution in [0.15, 0.2) is 60.7 Å². The van der Waals surface area contributed by atoms with Crippen LogP contribution in [0.4, 0.5) is 0 Å². The van der Waals surface area contributed by atoms with Gasteiger partial charge < -0.3 is 5.11 Å². The number of aliphatic hydroxyl groups is 1. The van der Waals surface area contributed by atoms with Crippen molar-refractivity contribution in [2.24, 2.45) is 0 Å². The fourth-order valence-corrected chi connectivity index (χ4v) is 3.51. The van der Waals surface area contributed by atoms with Crippen LogP contribution in [0.3, 0.4) is 0 Å². The predicted octanol–water partition coefficient (Wildman–Crippen LogP) is 3.21. The lowest BCUT2D eigenvalue weighted by Crippen LogP contribution is -2.54. The Balaban J connectivity index is 1.93. The quantitative estimate of drug-likeness (QED) is 0.934. The fraction of sp³-hybridized carbons (Fsp3) is 0.368. The average Bonchev–Trinajstić information content (AvgIpc) is 2.53. The first kappa shape index (κ1) is 14.3. The third-order valence-corrected chi connectivity index (χ3v) is 4.70. The molecule has 2 heteroatoms. The van der Waals surface area contributed by atoms with Crippen molar-refractivity contribution in [3.63, 3.8) is 0 Å². The van der Waals surface area contributed by atoms with E-state index in [1.807, 2.05) is 24.3 Å². The summed E-state index contributed by atoms with van der Waals surface area (Å²) in [5.41, 5.74) is 1.56. The molecule has 0 radical (unpaired) electrons.